The number of H-pyrrole nitrogens is 1. The SMILES string of the molecule is O=c1ccc(-c2noc(-c3cc(Cl)ccc3F)n2)c[nH]1. The van der Waals surface area contributed by atoms with Crippen molar-refractivity contribution in [3.8, 4) is 22.8 Å². The average molecular weight is 292 g/mol. The molecule has 0 aliphatic rings. The minimum Gasteiger partial charge on any atom is -0.334 e. The van der Waals surface area contributed by atoms with E-state index in [0.29, 0.717) is 10.6 Å². The molecule has 20 heavy (non-hydrogen) atoms. The van der Waals surface area contributed by atoms with Gasteiger partial charge in [0.05, 0.1) is 5.56 Å². The Hall–Kier alpha value is -2.47. The van der Waals surface area contributed by atoms with Crippen LogP contribution in [0.3, 0.4) is 0 Å². The van der Waals surface area contributed by atoms with Crippen LogP contribution in [-0.2, 0) is 0 Å². The molecule has 3 aromatic rings. The molecule has 0 atom stereocenters. The lowest BCUT2D eigenvalue weighted by atomic mass is 10.2. The molecular formula is C13H7ClFN3O2. The number of rotatable bonds is 2. The van der Waals surface area contributed by atoms with Crippen LogP contribution in [0.15, 0.2) is 45.8 Å². The maximum Gasteiger partial charge on any atom is 0.261 e. The Morgan fingerprint density at radius 2 is 2.10 bits per heavy atom. The first-order valence-corrected chi connectivity index (χ1v) is 5.99. The summed E-state index contributed by atoms with van der Waals surface area (Å²) >= 11 is 5.81. The fourth-order valence-electron chi connectivity index (χ4n) is 1.66. The van der Waals surface area contributed by atoms with Crippen molar-refractivity contribution in [1.29, 1.82) is 0 Å². The molecule has 5 nitrogen and oxygen atoms in total. The highest BCUT2D eigenvalue weighted by molar-refractivity contribution is 6.30. The molecular weight excluding hydrogens is 285 g/mol. The fourth-order valence-corrected chi connectivity index (χ4v) is 1.83. The van der Waals surface area contributed by atoms with Crippen molar-refractivity contribution >= 4 is 11.6 Å². The third-order valence-electron chi connectivity index (χ3n) is 2.63. The van der Waals surface area contributed by atoms with Gasteiger partial charge in [0.2, 0.25) is 11.4 Å². The number of benzene rings is 1. The molecule has 0 radical (unpaired) electrons. The molecule has 2 heterocycles. The van der Waals surface area contributed by atoms with E-state index in [9.17, 15) is 9.18 Å². The molecule has 0 spiro atoms. The van der Waals surface area contributed by atoms with Gasteiger partial charge < -0.3 is 9.51 Å². The highest BCUT2D eigenvalue weighted by atomic mass is 35.5. The zero-order valence-corrected chi connectivity index (χ0v) is 10.7. The van der Waals surface area contributed by atoms with Gasteiger partial charge in [0.1, 0.15) is 5.82 Å². The summed E-state index contributed by atoms with van der Waals surface area (Å²) in [5.74, 6) is -0.243. The summed E-state index contributed by atoms with van der Waals surface area (Å²) in [6.07, 6.45) is 1.45. The molecule has 1 N–H and O–H groups in total. The van der Waals surface area contributed by atoms with E-state index in [1.807, 2.05) is 0 Å². The number of aromatic nitrogens is 3. The number of hydrogen-bond acceptors (Lipinski definition) is 4. The predicted molar refractivity (Wildman–Crippen MR) is 70.8 cm³/mol. The van der Waals surface area contributed by atoms with Crippen molar-refractivity contribution in [2.45, 2.75) is 0 Å². The van der Waals surface area contributed by atoms with Gasteiger partial charge in [-0.1, -0.05) is 16.8 Å². The quantitative estimate of drug-likeness (QED) is 0.788. The summed E-state index contributed by atoms with van der Waals surface area (Å²) in [6.45, 7) is 0. The third-order valence-corrected chi connectivity index (χ3v) is 2.86. The van der Waals surface area contributed by atoms with Gasteiger partial charge in [0.25, 0.3) is 5.89 Å². The third kappa shape index (κ3) is 2.33. The lowest BCUT2D eigenvalue weighted by molar-refractivity contribution is 0.429. The van der Waals surface area contributed by atoms with Gasteiger partial charge in [-0.15, -0.1) is 0 Å². The minimum atomic E-state index is -0.508. The minimum absolute atomic E-state index is 0.0196. The van der Waals surface area contributed by atoms with Crippen molar-refractivity contribution in [2.75, 3.05) is 0 Å². The number of nitrogens with zero attached hydrogens (tertiary/aromatic N) is 2. The Bertz CT molecular complexity index is 808. The summed E-state index contributed by atoms with van der Waals surface area (Å²) < 4.78 is 18.7. The van der Waals surface area contributed by atoms with Gasteiger partial charge >= 0.3 is 0 Å². The summed E-state index contributed by atoms with van der Waals surface area (Å²) in [5.41, 5.74) is 0.445. The van der Waals surface area contributed by atoms with Crippen LogP contribution < -0.4 is 5.56 Å². The second kappa shape index (κ2) is 4.90. The summed E-state index contributed by atoms with van der Waals surface area (Å²) in [6, 6.07) is 6.94. The van der Waals surface area contributed by atoms with Gasteiger partial charge in [-0.3, -0.25) is 4.79 Å². The lowest BCUT2D eigenvalue weighted by Gasteiger charge is -1.97. The van der Waals surface area contributed by atoms with Crippen LogP contribution in [0.25, 0.3) is 22.8 Å². The molecule has 0 unspecified atom stereocenters. The summed E-state index contributed by atoms with van der Waals surface area (Å²) in [4.78, 5) is 17.6. The van der Waals surface area contributed by atoms with Gasteiger partial charge in [-0.25, -0.2) is 4.39 Å². The van der Waals surface area contributed by atoms with E-state index in [2.05, 4.69) is 15.1 Å². The molecule has 0 bridgehead atoms. The average Bonchev–Trinajstić information content (AvgIpc) is 2.92. The molecule has 0 aliphatic carbocycles. The highest BCUT2D eigenvalue weighted by Gasteiger charge is 2.14. The normalized spacial score (nSPS) is 10.7. The van der Waals surface area contributed by atoms with E-state index >= 15 is 0 Å². The smallest absolute Gasteiger partial charge is 0.261 e. The van der Waals surface area contributed by atoms with Crippen LogP contribution in [-0.4, -0.2) is 15.1 Å². The van der Waals surface area contributed by atoms with Crippen LogP contribution in [0.4, 0.5) is 4.39 Å². The Balaban J connectivity index is 2.04. The van der Waals surface area contributed by atoms with Crippen LogP contribution >= 0.6 is 11.6 Å². The van der Waals surface area contributed by atoms with E-state index < -0.39 is 5.82 Å². The number of nitrogens with one attached hydrogen (secondary N) is 1. The highest BCUT2D eigenvalue weighted by Crippen LogP contribution is 2.26. The molecule has 7 heteroatoms. The summed E-state index contributed by atoms with van der Waals surface area (Å²) in [7, 11) is 0. The fraction of sp³-hybridized carbons (Fsp3) is 0. The van der Waals surface area contributed by atoms with Gasteiger partial charge in [0, 0.05) is 22.8 Å². The first-order valence-electron chi connectivity index (χ1n) is 5.62. The molecule has 100 valence electrons. The van der Waals surface area contributed by atoms with Crippen molar-refractivity contribution < 1.29 is 8.91 Å². The van der Waals surface area contributed by atoms with Gasteiger partial charge in [-0.2, -0.15) is 4.98 Å². The first-order chi connectivity index (χ1) is 9.63. The maximum absolute atomic E-state index is 13.7. The maximum atomic E-state index is 13.7. The number of pyridine rings is 1. The molecule has 0 aliphatic heterocycles. The predicted octanol–water partition coefficient (Wildman–Crippen LogP) is 2.88. The van der Waals surface area contributed by atoms with Crippen molar-refractivity contribution in [2.24, 2.45) is 0 Å². The van der Waals surface area contributed by atoms with Gasteiger partial charge in [-0.05, 0) is 24.3 Å². The van der Waals surface area contributed by atoms with E-state index in [-0.39, 0.29) is 22.8 Å². The topological polar surface area (TPSA) is 71.8 Å². The first kappa shape index (κ1) is 12.6. The van der Waals surface area contributed by atoms with E-state index in [1.165, 1.54) is 30.5 Å². The Labute approximate surface area is 117 Å². The standard InChI is InChI=1S/C13H7ClFN3O2/c14-8-2-3-10(15)9(5-8)13-17-12(18-20-13)7-1-4-11(19)16-6-7/h1-6H,(H,16,19). The van der Waals surface area contributed by atoms with Crippen molar-refractivity contribution in [1.82, 2.24) is 15.1 Å². The van der Waals surface area contributed by atoms with E-state index in [4.69, 9.17) is 16.1 Å². The number of aromatic amines is 1. The molecule has 2 aromatic heterocycles. The van der Waals surface area contributed by atoms with Gasteiger partial charge in [0.15, 0.2) is 0 Å². The molecule has 0 fully saturated rings. The molecule has 0 saturated heterocycles. The Morgan fingerprint density at radius 1 is 1.25 bits per heavy atom. The summed E-state index contributed by atoms with van der Waals surface area (Å²) in [5, 5.41) is 4.11. The Kier molecular flexibility index (Phi) is 3.08. The largest absolute Gasteiger partial charge is 0.334 e. The van der Waals surface area contributed by atoms with Crippen LogP contribution in [0.2, 0.25) is 5.02 Å². The van der Waals surface area contributed by atoms with Crippen LogP contribution in [0, 0.1) is 5.82 Å². The number of halogens is 2. The van der Waals surface area contributed by atoms with E-state index in [1.54, 1.807) is 6.07 Å². The molecule has 1 aromatic carbocycles. The lowest BCUT2D eigenvalue weighted by Crippen LogP contribution is -2.01. The molecule has 0 saturated carbocycles. The zero-order valence-electron chi connectivity index (χ0n) is 9.93. The Morgan fingerprint density at radius 3 is 2.85 bits per heavy atom. The molecule has 3 rings (SSSR count). The monoisotopic (exact) mass is 291 g/mol. The van der Waals surface area contributed by atoms with E-state index in [0.717, 1.165) is 0 Å². The molecule has 0 amide bonds. The van der Waals surface area contributed by atoms with Crippen molar-refractivity contribution in [3.05, 3.63) is 57.7 Å². The zero-order chi connectivity index (χ0) is 14.1. The van der Waals surface area contributed by atoms with Crippen LogP contribution in [0.5, 0.6) is 0 Å². The van der Waals surface area contributed by atoms with Crippen LogP contribution in [0.1, 0.15) is 0 Å². The second-order valence-corrected chi connectivity index (χ2v) is 4.43. The van der Waals surface area contributed by atoms with Crippen molar-refractivity contribution in [3.63, 3.8) is 0 Å². The number of hydrogen-bond donors (Lipinski definition) is 1. The second-order valence-electron chi connectivity index (χ2n) is 3.99.